The maximum absolute atomic E-state index is 13.4. The normalized spacial score (nSPS) is 13.5. The van der Waals surface area contributed by atoms with Crippen LogP contribution in [0.4, 0.5) is 4.39 Å². The van der Waals surface area contributed by atoms with E-state index < -0.39 is 39.1 Å². The summed E-state index contributed by atoms with van der Waals surface area (Å²) in [5.41, 5.74) is 1.99. The van der Waals surface area contributed by atoms with Crippen LogP contribution in [0.15, 0.2) is 47.6 Å². The minimum Gasteiger partial charge on any atom is -0.347 e. The Bertz CT molecular complexity index is 797. The van der Waals surface area contributed by atoms with Gasteiger partial charge >= 0.3 is 15.2 Å². The highest BCUT2D eigenvalue weighted by molar-refractivity contribution is 7.72. The van der Waals surface area contributed by atoms with Gasteiger partial charge in [0.05, 0.1) is 6.61 Å². The first-order chi connectivity index (χ1) is 12.8. The van der Waals surface area contributed by atoms with Gasteiger partial charge < -0.3 is 24.3 Å². The van der Waals surface area contributed by atoms with Crippen LogP contribution in [0, 0.1) is 5.82 Å². The molecular formula is C18H27FO7P2. The van der Waals surface area contributed by atoms with Crippen LogP contribution in [0.25, 0.3) is 0 Å². The van der Waals surface area contributed by atoms with E-state index >= 15 is 0 Å². The molecule has 28 heavy (non-hydrogen) atoms. The van der Waals surface area contributed by atoms with Crippen LogP contribution < -0.4 is 0 Å². The summed E-state index contributed by atoms with van der Waals surface area (Å²) in [6.45, 7) is 5.30. The molecule has 0 saturated carbocycles. The topological polar surface area (TPSA) is 124 Å². The van der Waals surface area contributed by atoms with Crippen molar-refractivity contribution in [3.63, 3.8) is 0 Å². The van der Waals surface area contributed by atoms with Crippen LogP contribution in [0.2, 0.25) is 0 Å². The summed E-state index contributed by atoms with van der Waals surface area (Å²) in [7, 11) is -10.9. The molecule has 0 aromatic heterocycles. The molecule has 0 aliphatic carbocycles. The van der Waals surface area contributed by atoms with Gasteiger partial charge in [-0.1, -0.05) is 35.4 Å². The molecule has 0 aliphatic rings. The zero-order chi connectivity index (χ0) is 21.6. The van der Waals surface area contributed by atoms with Crippen LogP contribution in [-0.4, -0.2) is 31.3 Å². The van der Waals surface area contributed by atoms with E-state index in [1.54, 1.807) is 6.92 Å². The number of hydrogen-bond donors (Lipinski definition) is 4. The molecule has 0 radical (unpaired) electrons. The third kappa shape index (κ3) is 7.05. The number of ether oxygens (including phenoxy) is 1. The second kappa shape index (κ2) is 10.1. The average Bonchev–Trinajstić information content (AvgIpc) is 2.51. The van der Waals surface area contributed by atoms with E-state index in [4.69, 9.17) is 4.74 Å². The van der Waals surface area contributed by atoms with Crippen LogP contribution >= 0.6 is 15.2 Å². The van der Waals surface area contributed by atoms with E-state index in [0.29, 0.717) is 6.42 Å². The molecule has 0 unspecified atom stereocenters. The van der Waals surface area contributed by atoms with Crippen molar-refractivity contribution >= 4 is 15.2 Å². The number of allylic oxidation sites excluding steroid dienone is 3. The van der Waals surface area contributed by atoms with Gasteiger partial charge in [0.25, 0.3) is 5.08 Å². The van der Waals surface area contributed by atoms with Gasteiger partial charge in [0, 0.05) is 6.42 Å². The van der Waals surface area contributed by atoms with E-state index in [1.807, 2.05) is 19.9 Å². The van der Waals surface area contributed by atoms with Gasteiger partial charge in [0.2, 0.25) is 0 Å². The van der Waals surface area contributed by atoms with Gasteiger partial charge in [-0.25, -0.2) is 4.39 Å². The van der Waals surface area contributed by atoms with E-state index in [0.717, 1.165) is 29.7 Å². The summed E-state index contributed by atoms with van der Waals surface area (Å²) in [5.74, 6) is -0.696. The molecule has 1 aromatic rings. The van der Waals surface area contributed by atoms with Gasteiger partial charge in [-0.3, -0.25) is 9.13 Å². The largest absolute Gasteiger partial charge is 0.370 e. The zero-order valence-corrected chi connectivity index (χ0v) is 17.9. The van der Waals surface area contributed by atoms with Crippen LogP contribution in [0.3, 0.4) is 0 Å². The SMILES string of the molecule is CC(C)=CCC/C(C)=C/COC(Cc1cccc(F)c1)(P(=O)(O)O)P(=O)(O)O. The first kappa shape index (κ1) is 24.9. The van der Waals surface area contributed by atoms with Gasteiger partial charge in [-0.15, -0.1) is 0 Å². The van der Waals surface area contributed by atoms with Gasteiger partial charge in [-0.2, -0.15) is 0 Å². The summed E-state index contributed by atoms with van der Waals surface area (Å²) in [6.07, 6.45) is 4.12. The third-order valence-electron chi connectivity index (χ3n) is 4.07. The first-order valence-corrected chi connectivity index (χ1v) is 11.8. The van der Waals surface area contributed by atoms with Crippen molar-refractivity contribution < 1.29 is 37.8 Å². The lowest BCUT2D eigenvalue weighted by atomic mass is 10.1. The molecule has 7 nitrogen and oxygen atoms in total. The Morgan fingerprint density at radius 3 is 2.21 bits per heavy atom. The van der Waals surface area contributed by atoms with Crippen LogP contribution in [-0.2, 0) is 20.3 Å². The summed E-state index contributed by atoms with van der Waals surface area (Å²) < 4.78 is 42.7. The highest BCUT2D eigenvalue weighted by atomic mass is 31.2. The molecule has 0 spiro atoms. The zero-order valence-electron chi connectivity index (χ0n) is 16.1. The van der Waals surface area contributed by atoms with Crippen LogP contribution in [0.5, 0.6) is 0 Å². The van der Waals surface area contributed by atoms with Crippen molar-refractivity contribution in [2.45, 2.75) is 45.1 Å². The van der Waals surface area contributed by atoms with Gasteiger partial charge in [-0.05, 0) is 51.3 Å². The van der Waals surface area contributed by atoms with Crippen molar-refractivity contribution in [3.05, 3.63) is 58.9 Å². The lowest BCUT2D eigenvalue weighted by molar-refractivity contribution is 0.0540. The Labute approximate surface area is 164 Å². The van der Waals surface area contributed by atoms with E-state index in [9.17, 15) is 33.1 Å². The van der Waals surface area contributed by atoms with Gasteiger partial charge in [0.15, 0.2) is 0 Å². The van der Waals surface area contributed by atoms with E-state index in [-0.39, 0.29) is 5.56 Å². The molecule has 4 N–H and O–H groups in total. The number of hydrogen-bond acceptors (Lipinski definition) is 3. The highest BCUT2D eigenvalue weighted by Gasteiger charge is 2.61. The standard InChI is InChI=1S/C18H27FO7P2/c1-14(2)6-4-7-15(3)10-11-26-18(27(20,21)22,28(23,24)25)13-16-8-5-9-17(19)12-16/h5-6,8-10,12H,4,7,11,13H2,1-3H3,(H2,20,21,22)(H2,23,24,25)/b15-10+. The maximum Gasteiger partial charge on any atom is 0.370 e. The lowest BCUT2D eigenvalue weighted by Gasteiger charge is -2.34. The molecule has 0 amide bonds. The molecule has 1 rings (SSSR count). The average molecular weight is 436 g/mol. The number of halogens is 1. The van der Waals surface area contributed by atoms with Gasteiger partial charge in [0.1, 0.15) is 5.82 Å². The quantitative estimate of drug-likeness (QED) is 0.322. The van der Waals surface area contributed by atoms with Crippen molar-refractivity contribution in [2.24, 2.45) is 0 Å². The fraction of sp³-hybridized carbons (Fsp3) is 0.444. The molecule has 1 aromatic carbocycles. The highest BCUT2D eigenvalue weighted by Crippen LogP contribution is 2.70. The predicted molar refractivity (Wildman–Crippen MR) is 105 cm³/mol. The van der Waals surface area contributed by atoms with Crippen molar-refractivity contribution in [1.29, 1.82) is 0 Å². The predicted octanol–water partition coefficient (Wildman–Crippen LogP) is 4.09. The minimum atomic E-state index is -5.45. The third-order valence-corrected chi connectivity index (χ3v) is 8.03. The molecule has 10 heteroatoms. The number of rotatable bonds is 10. The second-order valence-corrected chi connectivity index (χ2v) is 10.8. The van der Waals surface area contributed by atoms with Crippen molar-refractivity contribution in [3.8, 4) is 0 Å². The fourth-order valence-corrected chi connectivity index (χ4v) is 5.14. The molecule has 158 valence electrons. The molecule has 0 fully saturated rings. The molecule has 0 saturated heterocycles. The molecule has 0 atom stereocenters. The Hall–Kier alpha value is -1.11. The molecular weight excluding hydrogens is 409 g/mol. The monoisotopic (exact) mass is 436 g/mol. The fourth-order valence-electron chi connectivity index (χ4n) is 2.52. The van der Waals surface area contributed by atoms with E-state index in [2.05, 4.69) is 0 Å². The Morgan fingerprint density at radius 2 is 1.71 bits per heavy atom. The molecule has 0 aliphatic heterocycles. The minimum absolute atomic E-state index is 0.00379. The second-order valence-electron chi connectivity index (χ2n) is 6.82. The lowest BCUT2D eigenvalue weighted by Crippen LogP contribution is -2.35. The van der Waals surface area contributed by atoms with Crippen LogP contribution in [0.1, 0.15) is 39.2 Å². The van der Waals surface area contributed by atoms with Crippen molar-refractivity contribution in [2.75, 3.05) is 6.61 Å². The smallest absolute Gasteiger partial charge is 0.347 e. The summed E-state index contributed by atoms with van der Waals surface area (Å²) in [4.78, 5) is 38.9. The molecule has 0 bridgehead atoms. The van der Waals surface area contributed by atoms with Crippen molar-refractivity contribution in [1.82, 2.24) is 0 Å². The Balaban J connectivity index is 3.13. The summed E-state index contributed by atoms with van der Waals surface area (Å²) in [5, 5.41) is -3.09. The summed E-state index contributed by atoms with van der Waals surface area (Å²) >= 11 is 0. The first-order valence-electron chi connectivity index (χ1n) is 8.57. The number of benzene rings is 1. The Morgan fingerprint density at radius 1 is 1.11 bits per heavy atom. The Kier molecular flexibility index (Phi) is 8.97. The van der Waals surface area contributed by atoms with E-state index in [1.165, 1.54) is 18.2 Å². The summed E-state index contributed by atoms with van der Waals surface area (Å²) in [6, 6.07) is 4.65. The maximum atomic E-state index is 13.4. The molecule has 0 heterocycles.